The fraction of sp³-hybridized carbons (Fsp3) is 0.250. The van der Waals surface area contributed by atoms with Crippen molar-refractivity contribution in [3.8, 4) is 0 Å². The first-order valence-corrected chi connectivity index (χ1v) is 10.5. The van der Waals surface area contributed by atoms with Gasteiger partial charge in [0.05, 0.1) is 11.4 Å². The molecular weight excluding hydrogens is 376 g/mol. The van der Waals surface area contributed by atoms with E-state index in [2.05, 4.69) is 53.3 Å². The third-order valence-electron chi connectivity index (χ3n) is 4.03. The van der Waals surface area contributed by atoms with E-state index < -0.39 is 0 Å². The summed E-state index contributed by atoms with van der Waals surface area (Å²) in [5.41, 5.74) is 3.48. The molecule has 0 fully saturated rings. The molecular formula is C20H22N4OS2. The molecule has 0 saturated heterocycles. The number of allylic oxidation sites excluding steroid dienone is 1. The van der Waals surface area contributed by atoms with Gasteiger partial charge in [0, 0.05) is 12.3 Å². The zero-order chi connectivity index (χ0) is 19.2. The van der Waals surface area contributed by atoms with E-state index >= 15 is 0 Å². The van der Waals surface area contributed by atoms with Gasteiger partial charge < -0.3 is 9.88 Å². The number of thioether (sulfide) groups is 1. The summed E-state index contributed by atoms with van der Waals surface area (Å²) >= 11 is 3.08. The molecule has 2 aromatic heterocycles. The molecule has 140 valence electrons. The average molecular weight is 399 g/mol. The topological polar surface area (TPSA) is 59.8 Å². The van der Waals surface area contributed by atoms with Gasteiger partial charge in [-0.05, 0) is 36.4 Å². The van der Waals surface area contributed by atoms with Crippen molar-refractivity contribution < 1.29 is 4.79 Å². The van der Waals surface area contributed by atoms with Crippen molar-refractivity contribution in [3.63, 3.8) is 0 Å². The molecule has 0 aliphatic carbocycles. The Labute approximate surface area is 167 Å². The minimum Gasteiger partial charge on any atom is -0.344 e. The minimum absolute atomic E-state index is 0.0791. The Morgan fingerprint density at radius 2 is 2.19 bits per heavy atom. The van der Waals surface area contributed by atoms with Crippen molar-refractivity contribution in [2.45, 2.75) is 37.8 Å². The molecule has 27 heavy (non-hydrogen) atoms. The number of aromatic nitrogens is 3. The number of thiophene rings is 1. The Morgan fingerprint density at radius 1 is 1.33 bits per heavy atom. The lowest BCUT2D eigenvalue weighted by Crippen LogP contribution is -2.24. The van der Waals surface area contributed by atoms with Gasteiger partial charge >= 0.3 is 0 Å². The number of aryl methyl sites for hydroxylation is 2. The molecule has 0 aliphatic heterocycles. The lowest BCUT2D eigenvalue weighted by molar-refractivity contribution is 0.0953. The van der Waals surface area contributed by atoms with Gasteiger partial charge in [-0.2, -0.15) is 0 Å². The summed E-state index contributed by atoms with van der Waals surface area (Å²) in [6, 6.07) is 10.4. The lowest BCUT2D eigenvalue weighted by Gasteiger charge is -2.09. The van der Waals surface area contributed by atoms with Crippen molar-refractivity contribution in [2.75, 3.05) is 0 Å². The van der Waals surface area contributed by atoms with E-state index in [1.54, 1.807) is 11.8 Å². The maximum absolute atomic E-state index is 12.3. The summed E-state index contributed by atoms with van der Waals surface area (Å²) in [7, 11) is 0. The molecule has 0 atom stereocenters. The number of carbonyl (C=O) groups is 1. The highest BCUT2D eigenvalue weighted by Crippen LogP contribution is 2.23. The zero-order valence-electron chi connectivity index (χ0n) is 15.4. The number of nitrogens with one attached hydrogen (secondary N) is 1. The third-order valence-corrected chi connectivity index (χ3v) is 6.08. The standard InChI is InChI=1S/C20H22N4OS2/c1-4-9-24-17(12-21-19(25)18-15(3)8-10-26-18)22-23-20(24)27-13-16-7-5-6-14(2)11-16/h4-8,10-11H,1,9,12-13H2,2-3H3,(H,21,25). The van der Waals surface area contributed by atoms with Crippen molar-refractivity contribution in [1.82, 2.24) is 20.1 Å². The second-order valence-corrected chi connectivity index (χ2v) is 8.05. The molecule has 2 heterocycles. The van der Waals surface area contributed by atoms with Gasteiger partial charge in [0.25, 0.3) is 5.91 Å². The molecule has 5 nitrogen and oxygen atoms in total. The number of hydrogen-bond donors (Lipinski definition) is 1. The predicted octanol–water partition coefficient (Wildman–Crippen LogP) is 4.36. The van der Waals surface area contributed by atoms with E-state index in [-0.39, 0.29) is 5.91 Å². The highest BCUT2D eigenvalue weighted by molar-refractivity contribution is 7.98. The first-order valence-electron chi connectivity index (χ1n) is 8.62. The molecule has 0 radical (unpaired) electrons. The lowest BCUT2D eigenvalue weighted by atomic mass is 10.2. The number of rotatable bonds is 8. The van der Waals surface area contributed by atoms with E-state index in [1.165, 1.54) is 22.5 Å². The molecule has 3 aromatic rings. The third kappa shape index (κ3) is 4.87. The number of benzene rings is 1. The van der Waals surface area contributed by atoms with E-state index in [0.717, 1.165) is 27.2 Å². The highest BCUT2D eigenvalue weighted by atomic mass is 32.2. The molecule has 1 amide bonds. The summed E-state index contributed by atoms with van der Waals surface area (Å²) in [6.07, 6.45) is 1.81. The van der Waals surface area contributed by atoms with Crippen molar-refractivity contribution in [2.24, 2.45) is 0 Å². The smallest absolute Gasteiger partial charge is 0.261 e. The Balaban J connectivity index is 1.68. The molecule has 3 rings (SSSR count). The fourth-order valence-electron chi connectivity index (χ4n) is 2.66. The summed E-state index contributed by atoms with van der Waals surface area (Å²) in [4.78, 5) is 13.1. The van der Waals surface area contributed by atoms with Crippen molar-refractivity contribution in [1.29, 1.82) is 0 Å². The molecule has 0 aliphatic rings. The Bertz CT molecular complexity index is 945. The van der Waals surface area contributed by atoms with Crippen LogP contribution in [-0.2, 0) is 18.8 Å². The number of nitrogens with zero attached hydrogens (tertiary/aromatic N) is 3. The fourth-order valence-corrected chi connectivity index (χ4v) is 4.41. The van der Waals surface area contributed by atoms with Crippen LogP contribution in [0.25, 0.3) is 0 Å². The average Bonchev–Trinajstić information content (AvgIpc) is 3.25. The quantitative estimate of drug-likeness (QED) is 0.452. The maximum Gasteiger partial charge on any atom is 0.261 e. The van der Waals surface area contributed by atoms with Gasteiger partial charge in [0.1, 0.15) is 0 Å². The van der Waals surface area contributed by atoms with Gasteiger partial charge in [-0.25, -0.2) is 0 Å². The number of amides is 1. The van der Waals surface area contributed by atoms with E-state index in [9.17, 15) is 4.79 Å². The van der Waals surface area contributed by atoms with Crippen molar-refractivity contribution >= 4 is 29.0 Å². The first kappa shape index (κ1) is 19.4. The van der Waals surface area contributed by atoms with E-state index in [0.29, 0.717) is 13.1 Å². The maximum atomic E-state index is 12.3. The highest BCUT2D eigenvalue weighted by Gasteiger charge is 2.15. The van der Waals surface area contributed by atoms with Gasteiger partial charge in [0.15, 0.2) is 11.0 Å². The molecule has 0 saturated carbocycles. The Kier molecular flexibility index (Phi) is 6.47. The van der Waals surface area contributed by atoms with Gasteiger partial charge in [-0.1, -0.05) is 47.7 Å². The van der Waals surface area contributed by atoms with Crippen LogP contribution in [0.2, 0.25) is 0 Å². The number of carbonyl (C=O) groups excluding carboxylic acids is 1. The Morgan fingerprint density at radius 3 is 2.89 bits per heavy atom. The van der Waals surface area contributed by atoms with Crippen LogP contribution in [0.5, 0.6) is 0 Å². The zero-order valence-corrected chi connectivity index (χ0v) is 17.1. The number of hydrogen-bond acceptors (Lipinski definition) is 5. The second kappa shape index (κ2) is 9.01. The summed E-state index contributed by atoms with van der Waals surface area (Å²) < 4.78 is 2.00. The molecule has 0 unspecified atom stereocenters. The van der Waals surface area contributed by atoms with Gasteiger partial charge in [-0.3, -0.25) is 4.79 Å². The molecule has 1 aromatic carbocycles. The predicted molar refractivity (Wildman–Crippen MR) is 111 cm³/mol. The van der Waals surface area contributed by atoms with Crippen LogP contribution in [0.4, 0.5) is 0 Å². The van der Waals surface area contributed by atoms with E-state index in [1.807, 2.05) is 29.0 Å². The molecule has 7 heteroatoms. The summed E-state index contributed by atoms with van der Waals surface area (Å²) in [6.45, 7) is 8.79. The molecule has 1 N–H and O–H groups in total. The normalized spacial score (nSPS) is 10.7. The van der Waals surface area contributed by atoms with Crippen LogP contribution in [0.15, 0.2) is 53.5 Å². The van der Waals surface area contributed by atoms with E-state index in [4.69, 9.17) is 0 Å². The largest absolute Gasteiger partial charge is 0.344 e. The van der Waals surface area contributed by atoms with Crippen LogP contribution >= 0.6 is 23.1 Å². The first-order chi connectivity index (χ1) is 13.1. The minimum atomic E-state index is -0.0791. The van der Waals surface area contributed by atoms with Crippen LogP contribution in [-0.4, -0.2) is 20.7 Å². The van der Waals surface area contributed by atoms with Crippen molar-refractivity contribution in [3.05, 3.63) is 75.8 Å². The van der Waals surface area contributed by atoms with Gasteiger partial charge in [0.2, 0.25) is 0 Å². The van der Waals surface area contributed by atoms with Crippen LogP contribution in [0.3, 0.4) is 0 Å². The van der Waals surface area contributed by atoms with Crippen LogP contribution in [0, 0.1) is 13.8 Å². The van der Waals surface area contributed by atoms with Crippen LogP contribution in [0.1, 0.15) is 32.2 Å². The summed E-state index contributed by atoms with van der Waals surface area (Å²) in [5.74, 6) is 1.46. The summed E-state index contributed by atoms with van der Waals surface area (Å²) in [5, 5.41) is 14.3. The van der Waals surface area contributed by atoms with Crippen LogP contribution < -0.4 is 5.32 Å². The molecule has 0 bridgehead atoms. The van der Waals surface area contributed by atoms with Gasteiger partial charge in [-0.15, -0.1) is 28.1 Å². The Hall–Kier alpha value is -2.38. The monoisotopic (exact) mass is 398 g/mol. The molecule has 0 spiro atoms. The second-order valence-electron chi connectivity index (χ2n) is 6.19. The SMILES string of the molecule is C=CCn1c(CNC(=O)c2sccc2C)nnc1SCc1cccc(C)c1.